The second kappa shape index (κ2) is 8.47. The number of carbonyl (C=O) groups excluding carboxylic acids is 1. The molecule has 6 nitrogen and oxygen atoms in total. The van der Waals surface area contributed by atoms with Crippen LogP contribution in [0.15, 0.2) is 65.6 Å². The van der Waals surface area contributed by atoms with Gasteiger partial charge >= 0.3 is 0 Å². The van der Waals surface area contributed by atoms with Crippen molar-refractivity contribution in [2.45, 2.75) is 11.8 Å². The van der Waals surface area contributed by atoms with E-state index in [-0.39, 0.29) is 16.1 Å². The number of fused-ring (bicyclic) bond motifs is 1. The van der Waals surface area contributed by atoms with Crippen LogP contribution < -0.4 is 10.0 Å². The lowest BCUT2D eigenvalue weighted by Gasteiger charge is -2.12. The van der Waals surface area contributed by atoms with E-state index in [2.05, 4.69) is 15.0 Å². The Labute approximate surface area is 192 Å². The van der Waals surface area contributed by atoms with Crippen LogP contribution in [-0.4, -0.2) is 19.3 Å². The summed E-state index contributed by atoms with van der Waals surface area (Å²) < 4.78 is 28.7. The van der Waals surface area contributed by atoms with Crippen molar-refractivity contribution in [3.8, 4) is 0 Å². The molecule has 0 atom stereocenters. The van der Waals surface area contributed by atoms with Crippen molar-refractivity contribution in [1.29, 1.82) is 0 Å². The van der Waals surface area contributed by atoms with Crippen LogP contribution in [0.3, 0.4) is 0 Å². The Bertz CT molecular complexity index is 1360. The van der Waals surface area contributed by atoms with Gasteiger partial charge in [-0.15, -0.1) is 0 Å². The molecule has 0 aliphatic heterocycles. The molecular weight excluding hydrogens is 477 g/mol. The molecule has 10 heteroatoms. The first-order chi connectivity index (χ1) is 14.7. The number of thiazole rings is 1. The lowest BCUT2D eigenvalue weighted by molar-refractivity contribution is 0.102. The smallest absolute Gasteiger partial charge is 0.261 e. The van der Waals surface area contributed by atoms with Gasteiger partial charge in [0, 0.05) is 5.02 Å². The zero-order chi connectivity index (χ0) is 22.2. The van der Waals surface area contributed by atoms with Gasteiger partial charge < -0.3 is 0 Å². The van der Waals surface area contributed by atoms with Gasteiger partial charge in [0.2, 0.25) is 0 Å². The Hall–Kier alpha value is -2.65. The van der Waals surface area contributed by atoms with Crippen LogP contribution in [0.4, 0.5) is 10.8 Å². The Morgan fingerprint density at radius 2 is 1.71 bits per heavy atom. The minimum atomic E-state index is -3.91. The summed E-state index contributed by atoms with van der Waals surface area (Å²) in [5.74, 6) is -0.498. The lowest BCUT2D eigenvalue weighted by atomic mass is 10.2. The van der Waals surface area contributed by atoms with Crippen LogP contribution >= 0.6 is 34.5 Å². The standard InChI is InChI=1S/C21H15Cl2N3O3S2/c1-12-6-11-16(23)19-18(12)24-21(30-19)25-20(27)15-4-2-3-5-17(15)26-31(28,29)14-9-7-13(22)8-10-14/h2-11,26H,1H3,(H,24,25,27). The highest BCUT2D eigenvalue weighted by atomic mass is 35.5. The van der Waals surface area contributed by atoms with Crippen molar-refractivity contribution < 1.29 is 13.2 Å². The highest BCUT2D eigenvalue weighted by molar-refractivity contribution is 7.92. The molecule has 0 spiro atoms. The van der Waals surface area contributed by atoms with Gasteiger partial charge in [0.25, 0.3) is 15.9 Å². The van der Waals surface area contributed by atoms with E-state index in [1.54, 1.807) is 18.2 Å². The Morgan fingerprint density at radius 3 is 2.42 bits per heavy atom. The van der Waals surface area contributed by atoms with Crippen molar-refractivity contribution in [3.05, 3.63) is 81.8 Å². The van der Waals surface area contributed by atoms with E-state index in [4.69, 9.17) is 23.2 Å². The maximum atomic E-state index is 12.9. The first-order valence-corrected chi connectivity index (χ1v) is 12.0. The number of nitrogens with zero attached hydrogens (tertiary/aromatic N) is 1. The maximum Gasteiger partial charge on any atom is 0.261 e. The zero-order valence-electron chi connectivity index (χ0n) is 16.0. The fourth-order valence-corrected chi connectivity index (χ4v) is 5.32. The summed E-state index contributed by atoms with van der Waals surface area (Å²) in [6.45, 7) is 1.91. The number of hydrogen-bond acceptors (Lipinski definition) is 5. The largest absolute Gasteiger partial charge is 0.298 e. The van der Waals surface area contributed by atoms with Crippen molar-refractivity contribution in [3.63, 3.8) is 0 Å². The number of amides is 1. The summed E-state index contributed by atoms with van der Waals surface area (Å²) in [7, 11) is -3.91. The highest BCUT2D eigenvalue weighted by Crippen LogP contribution is 2.34. The molecule has 4 aromatic rings. The SMILES string of the molecule is Cc1ccc(Cl)c2sc(NC(=O)c3ccccc3NS(=O)(=O)c3ccc(Cl)cc3)nc12. The number of rotatable bonds is 5. The zero-order valence-corrected chi connectivity index (χ0v) is 19.2. The molecule has 3 aromatic carbocycles. The Balaban J connectivity index is 1.62. The van der Waals surface area contributed by atoms with E-state index in [1.165, 1.54) is 47.7 Å². The van der Waals surface area contributed by atoms with Crippen LogP contribution in [0.5, 0.6) is 0 Å². The van der Waals surface area contributed by atoms with Crippen molar-refractivity contribution >= 4 is 71.5 Å². The highest BCUT2D eigenvalue weighted by Gasteiger charge is 2.20. The van der Waals surface area contributed by atoms with Crippen LogP contribution in [0.1, 0.15) is 15.9 Å². The number of anilines is 2. The molecule has 31 heavy (non-hydrogen) atoms. The van der Waals surface area contributed by atoms with Gasteiger partial charge in [-0.3, -0.25) is 14.8 Å². The lowest BCUT2D eigenvalue weighted by Crippen LogP contribution is -2.18. The number of halogens is 2. The number of nitrogens with one attached hydrogen (secondary N) is 2. The molecule has 1 amide bonds. The van der Waals surface area contributed by atoms with Gasteiger partial charge in [-0.05, 0) is 55.0 Å². The fourth-order valence-electron chi connectivity index (χ4n) is 2.91. The molecular formula is C21H15Cl2N3O3S2. The van der Waals surface area contributed by atoms with Gasteiger partial charge in [-0.25, -0.2) is 13.4 Å². The molecule has 0 radical (unpaired) electrons. The van der Waals surface area contributed by atoms with Crippen LogP contribution in [0.2, 0.25) is 10.0 Å². The topological polar surface area (TPSA) is 88.2 Å². The first kappa shape index (κ1) is 21.6. The average Bonchev–Trinajstić information content (AvgIpc) is 3.16. The van der Waals surface area contributed by atoms with E-state index in [0.29, 0.717) is 20.7 Å². The van der Waals surface area contributed by atoms with Gasteiger partial charge in [0.05, 0.1) is 31.4 Å². The summed E-state index contributed by atoms with van der Waals surface area (Å²) >= 11 is 13.3. The van der Waals surface area contributed by atoms with Crippen LogP contribution in [0.25, 0.3) is 10.2 Å². The van der Waals surface area contributed by atoms with Gasteiger partial charge in [0.1, 0.15) is 0 Å². The summed E-state index contributed by atoms with van der Waals surface area (Å²) in [6, 6.07) is 15.7. The van der Waals surface area contributed by atoms with Crippen molar-refractivity contribution in [1.82, 2.24) is 4.98 Å². The normalized spacial score (nSPS) is 11.5. The minimum absolute atomic E-state index is 0.0309. The third-order valence-corrected chi connectivity index (χ3v) is 7.52. The second-order valence-corrected chi connectivity index (χ2v) is 10.1. The maximum absolute atomic E-state index is 12.9. The fraction of sp³-hybridized carbons (Fsp3) is 0.0476. The molecule has 0 unspecified atom stereocenters. The quantitative estimate of drug-likeness (QED) is 0.360. The molecule has 0 saturated heterocycles. The molecule has 4 rings (SSSR count). The molecule has 1 aromatic heterocycles. The molecule has 2 N–H and O–H groups in total. The van der Waals surface area contributed by atoms with Gasteiger partial charge in [0.15, 0.2) is 5.13 Å². The Kier molecular flexibility index (Phi) is 5.90. The Morgan fingerprint density at radius 1 is 1.00 bits per heavy atom. The molecule has 0 fully saturated rings. The monoisotopic (exact) mass is 491 g/mol. The van der Waals surface area contributed by atoms with Gasteiger partial charge in [-0.2, -0.15) is 0 Å². The van der Waals surface area contributed by atoms with Crippen molar-refractivity contribution in [2.24, 2.45) is 0 Å². The molecule has 158 valence electrons. The number of aromatic nitrogens is 1. The average molecular weight is 492 g/mol. The summed E-state index contributed by atoms with van der Waals surface area (Å²) in [5.41, 5.74) is 1.95. The van der Waals surface area contributed by atoms with Crippen LogP contribution in [-0.2, 0) is 10.0 Å². The van der Waals surface area contributed by atoms with E-state index in [0.717, 1.165) is 10.3 Å². The summed E-state index contributed by atoms with van der Waals surface area (Å²) in [5, 5.41) is 4.07. The number of aryl methyl sites for hydroxylation is 1. The molecule has 0 aliphatic rings. The summed E-state index contributed by atoms with van der Waals surface area (Å²) in [6.07, 6.45) is 0. The van der Waals surface area contributed by atoms with E-state index in [1.807, 2.05) is 13.0 Å². The number of carbonyl (C=O) groups is 1. The molecule has 0 bridgehead atoms. The third-order valence-electron chi connectivity index (χ3n) is 4.46. The predicted octanol–water partition coefficient (Wildman–Crippen LogP) is 5.96. The predicted molar refractivity (Wildman–Crippen MR) is 126 cm³/mol. The van der Waals surface area contributed by atoms with E-state index >= 15 is 0 Å². The molecule has 0 saturated carbocycles. The number of hydrogen-bond donors (Lipinski definition) is 2. The molecule has 1 heterocycles. The van der Waals surface area contributed by atoms with E-state index < -0.39 is 15.9 Å². The second-order valence-electron chi connectivity index (χ2n) is 6.62. The van der Waals surface area contributed by atoms with Gasteiger partial charge in [-0.1, -0.05) is 52.7 Å². The first-order valence-electron chi connectivity index (χ1n) is 8.99. The number of benzene rings is 3. The number of para-hydroxylation sites is 1. The minimum Gasteiger partial charge on any atom is -0.298 e. The summed E-state index contributed by atoms with van der Waals surface area (Å²) in [4.78, 5) is 17.4. The molecule has 0 aliphatic carbocycles. The van der Waals surface area contributed by atoms with Crippen LogP contribution in [0, 0.1) is 6.92 Å². The number of sulfonamides is 1. The van der Waals surface area contributed by atoms with Crippen molar-refractivity contribution in [2.75, 3.05) is 10.0 Å². The third kappa shape index (κ3) is 4.52. The van der Waals surface area contributed by atoms with E-state index in [9.17, 15) is 13.2 Å².